The Morgan fingerprint density at radius 2 is 1.93 bits per heavy atom. The van der Waals surface area contributed by atoms with Crippen LogP contribution < -0.4 is 19.9 Å². The number of benzene rings is 2. The molecule has 2 aliphatic rings. The lowest BCUT2D eigenvalue weighted by Crippen LogP contribution is -2.52. The fourth-order valence-corrected chi connectivity index (χ4v) is 6.18. The van der Waals surface area contributed by atoms with Crippen molar-refractivity contribution in [3.05, 3.63) is 75.5 Å². The van der Waals surface area contributed by atoms with Crippen LogP contribution in [0.3, 0.4) is 0 Å². The quantitative estimate of drug-likeness (QED) is 0.276. The second kappa shape index (κ2) is 11.3. The minimum Gasteiger partial charge on any atom is -0.486 e. The number of aliphatic hydroxyl groups is 1. The molecule has 222 valence electrons. The van der Waals surface area contributed by atoms with Gasteiger partial charge in [-0.1, -0.05) is 30.7 Å². The number of rotatable bonds is 10. The largest absolute Gasteiger partial charge is 0.486 e. The number of halogens is 1. The molecule has 0 radical (unpaired) electrons. The maximum Gasteiger partial charge on any atom is 0.316 e. The average Bonchev–Trinajstić information content (AvgIpc) is 3.57. The minimum absolute atomic E-state index is 0.0473. The van der Waals surface area contributed by atoms with Crippen molar-refractivity contribution in [2.45, 2.75) is 32.9 Å². The van der Waals surface area contributed by atoms with Crippen LogP contribution in [0.25, 0.3) is 16.8 Å². The van der Waals surface area contributed by atoms with Gasteiger partial charge in [-0.3, -0.25) is 4.79 Å². The molecular weight excluding hydrogens is 584 g/mol. The summed E-state index contributed by atoms with van der Waals surface area (Å²) in [4.78, 5) is 19.7. The van der Waals surface area contributed by atoms with Crippen LogP contribution in [0.15, 0.2) is 57.9 Å². The Labute approximate surface area is 247 Å². The summed E-state index contributed by atoms with van der Waals surface area (Å²) in [5.74, 6) is 0.396. The lowest BCUT2D eigenvalue weighted by Gasteiger charge is -2.35. The zero-order valence-corrected chi connectivity index (χ0v) is 24.6. The summed E-state index contributed by atoms with van der Waals surface area (Å²) >= 11 is 6.15. The van der Waals surface area contributed by atoms with Gasteiger partial charge in [0.25, 0.3) is 10.2 Å². The van der Waals surface area contributed by atoms with Gasteiger partial charge < -0.3 is 19.2 Å². The van der Waals surface area contributed by atoms with Crippen molar-refractivity contribution < 1.29 is 22.7 Å². The molecule has 1 saturated heterocycles. The van der Waals surface area contributed by atoms with Gasteiger partial charge in [0, 0.05) is 43.2 Å². The van der Waals surface area contributed by atoms with Crippen LogP contribution in [0, 0.1) is 5.41 Å². The molecule has 4 aromatic rings. The van der Waals surface area contributed by atoms with E-state index in [0.717, 1.165) is 12.8 Å². The number of aliphatic hydroxyl groups excluding tert-OH is 1. The molecule has 2 fully saturated rings. The first-order valence-corrected chi connectivity index (χ1v) is 15.5. The predicted octanol–water partition coefficient (Wildman–Crippen LogP) is 2.85. The zero-order valence-electron chi connectivity index (χ0n) is 23.0. The molecule has 3 heterocycles. The molecule has 0 amide bonds. The number of anilines is 1. The van der Waals surface area contributed by atoms with Crippen LogP contribution in [0.2, 0.25) is 5.02 Å². The number of hydrogen-bond donors (Lipinski definition) is 2. The van der Waals surface area contributed by atoms with Crippen LogP contribution in [-0.2, 0) is 23.4 Å². The molecule has 0 unspecified atom stereocenters. The molecular formula is C28H31ClN6O6S. The van der Waals surface area contributed by atoms with Crippen LogP contribution in [0.1, 0.15) is 31.2 Å². The number of ether oxygens (including phenoxy) is 1. The van der Waals surface area contributed by atoms with Gasteiger partial charge in [0.2, 0.25) is 11.6 Å². The van der Waals surface area contributed by atoms with Gasteiger partial charge in [0.05, 0.1) is 18.5 Å². The molecule has 1 saturated carbocycles. The third-order valence-corrected chi connectivity index (χ3v) is 9.43. The smallest absolute Gasteiger partial charge is 0.316 e. The molecule has 0 bridgehead atoms. The summed E-state index contributed by atoms with van der Waals surface area (Å²) in [5, 5.41) is 14.1. The van der Waals surface area contributed by atoms with E-state index in [0.29, 0.717) is 52.8 Å². The highest BCUT2D eigenvalue weighted by atomic mass is 35.5. The highest BCUT2D eigenvalue weighted by Crippen LogP contribution is 2.45. The second-order valence-electron chi connectivity index (χ2n) is 10.9. The van der Waals surface area contributed by atoms with Gasteiger partial charge in [0.15, 0.2) is 5.58 Å². The highest BCUT2D eigenvalue weighted by Gasteiger charge is 2.39. The summed E-state index contributed by atoms with van der Waals surface area (Å²) in [7, 11) is -3.78. The van der Waals surface area contributed by atoms with E-state index >= 15 is 0 Å². The molecule has 1 aliphatic carbocycles. The fourth-order valence-electron chi connectivity index (χ4n) is 4.82. The van der Waals surface area contributed by atoms with Crippen molar-refractivity contribution in [2.75, 3.05) is 37.7 Å². The van der Waals surface area contributed by atoms with Gasteiger partial charge in [-0.2, -0.15) is 27.2 Å². The maximum atomic E-state index is 13.6. The third-order valence-electron chi connectivity index (χ3n) is 7.65. The van der Waals surface area contributed by atoms with Crippen molar-refractivity contribution >= 4 is 38.6 Å². The van der Waals surface area contributed by atoms with E-state index in [9.17, 15) is 18.3 Å². The molecule has 0 spiro atoms. The van der Waals surface area contributed by atoms with E-state index in [2.05, 4.69) is 21.7 Å². The van der Waals surface area contributed by atoms with Gasteiger partial charge >= 0.3 is 5.56 Å². The molecule has 2 aromatic carbocycles. The van der Waals surface area contributed by atoms with Crippen molar-refractivity contribution in [3.63, 3.8) is 0 Å². The van der Waals surface area contributed by atoms with Crippen molar-refractivity contribution in [1.29, 1.82) is 0 Å². The fraction of sp³-hybridized carbons (Fsp3) is 0.393. The van der Waals surface area contributed by atoms with E-state index in [-0.39, 0.29) is 43.3 Å². The van der Waals surface area contributed by atoms with Crippen LogP contribution in [0.4, 0.5) is 5.69 Å². The molecule has 6 rings (SSSR count). The van der Waals surface area contributed by atoms with Crippen LogP contribution in [-0.4, -0.2) is 65.4 Å². The van der Waals surface area contributed by atoms with E-state index in [1.54, 1.807) is 48.7 Å². The number of oxazole rings is 1. The monoisotopic (exact) mass is 614 g/mol. The average molecular weight is 615 g/mol. The van der Waals surface area contributed by atoms with E-state index < -0.39 is 15.8 Å². The van der Waals surface area contributed by atoms with Crippen molar-refractivity contribution in [1.82, 2.24) is 23.8 Å². The number of nitrogens with zero attached hydrogens (tertiary/aromatic N) is 5. The highest BCUT2D eigenvalue weighted by molar-refractivity contribution is 7.87. The Hall–Kier alpha value is -3.49. The Morgan fingerprint density at radius 3 is 2.64 bits per heavy atom. The topological polar surface area (TPSA) is 143 Å². The second-order valence-corrected chi connectivity index (χ2v) is 13.1. The molecule has 42 heavy (non-hydrogen) atoms. The molecule has 1 aliphatic heterocycles. The van der Waals surface area contributed by atoms with Crippen LogP contribution in [0.5, 0.6) is 5.75 Å². The Bertz CT molecular complexity index is 1780. The normalized spacial score (nSPS) is 17.1. The summed E-state index contributed by atoms with van der Waals surface area (Å²) in [6.07, 6.45) is 3.67. The third kappa shape index (κ3) is 6.01. The number of nitrogens with one attached hydrogen (secondary N) is 1. The number of piperazine rings is 1. The van der Waals surface area contributed by atoms with Gasteiger partial charge in [-0.25, -0.2) is 4.98 Å². The standard InChI is InChI=1S/C28H31ClN6O6S/c1-28(7-8-28)18-40-26-23(16-30-35(27(26)37)21-4-2-3-20(29)14-21)33-9-11-34(12-10-33)42(38,39)31-15-19-5-6-24-22(13-19)32-25(17-36)41-24/h2-6,13-14,16,31,36H,7-12,15,17-18H2,1H3. The zero-order chi connectivity index (χ0) is 29.5. The van der Waals surface area contributed by atoms with Crippen molar-refractivity contribution in [3.8, 4) is 11.4 Å². The Kier molecular flexibility index (Phi) is 7.70. The number of fused-ring (bicyclic) bond motifs is 1. The number of aromatic nitrogens is 3. The van der Waals surface area contributed by atoms with Gasteiger partial charge in [-0.15, -0.1) is 0 Å². The lowest BCUT2D eigenvalue weighted by molar-refractivity contribution is 0.242. The first kappa shape index (κ1) is 28.6. The Balaban J connectivity index is 1.16. The van der Waals surface area contributed by atoms with Gasteiger partial charge in [0.1, 0.15) is 17.8 Å². The summed E-state index contributed by atoms with van der Waals surface area (Å²) < 4.78 is 43.1. The van der Waals surface area contributed by atoms with Crippen LogP contribution >= 0.6 is 11.6 Å². The SMILES string of the molecule is CC1(COc2c(N3CCN(S(=O)(=O)NCc4ccc5oc(CO)nc5c4)CC3)cnn(-c3cccc(Cl)c3)c2=O)CC1. The summed E-state index contributed by atoms with van der Waals surface area (Å²) in [6, 6.07) is 12.0. The van der Waals surface area contributed by atoms with Crippen molar-refractivity contribution in [2.24, 2.45) is 5.41 Å². The molecule has 2 aromatic heterocycles. The summed E-state index contributed by atoms with van der Waals surface area (Å²) in [6.45, 7) is 3.43. The molecule has 14 heteroatoms. The van der Waals surface area contributed by atoms with E-state index in [1.165, 1.54) is 8.99 Å². The van der Waals surface area contributed by atoms with Gasteiger partial charge in [-0.05, 0) is 48.7 Å². The molecule has 2 N–H and O–H groups in total. The lowest BCUT2D eigenvalue weighted by atomic mass is 10.2. The first-order valence-electron chi connectivity index (χ1n) is 13.6. The molecule has 12 nitrogen and oxygen atoms in total. The van der Waals surface area contributed by atoms with E-state index in [1.807, 2.05) is 4.90 Å². The predicted molar refractivity (Wildman–Crippen MR) is 157 cm³/mol. The molecule has 0 atom stereocenters. The van der Waals surface area contributed by atoms with E-state index in [4.69, 9.17) is 20.8 Å². The summed E-state index contributed by atoms with van der Waals surface area (Å²) in [5.41, 5.74) is 2.49. The number of hydrogen-bond acceptors (Lipinski definition) is 9. The first-order chi connectivity index (χ1) is 20.1. The maximum absolute atomic E-state index is 13.6. The minimum atomic E-state index is -3.78. The Morgan fingerprint density at radius 1 is 1.14 bits per heavy atom.